The Hall–Kier alpha value is -2.19. The molecule has 8 nitrogen and oxygen atoms in total. The molecule has 1 saturated heterocycles. The smallest absolute Gasteiger partial charge is 0.270 e. The molecule has 1 amide bonds. The number of non-ortho nitro benzene ring substituents is 1. The van der Waals surface area contributed by atoms with Gasteiger partial charge in [0, 0.05) is 44.1 Å². The van der Waals surface area contributed by atoms with Crippen molar-refractivity contribution >= 4 is 17.3 Å². The second kappa shape index (κ2) is 6.71. The van der Waals surface area contributed by atoms with Gasteiger partial charge in [-0.25, -0.2) is 0 Å². The van der Waals surface area contributed by atoms with Crippen LogP contribution in [-0.2, 0) is 4.74 Å². The third-order valence-corrected chi connectivity index (χ3v) is 4.01. The first kappa shape index (κ1) is 16.2. The monoisotopic (exact) mass is 308 g/mol. The number of carbonyl (C=O) groups excluding carboxylic acids is 1. The van der Waals surface area contributed by atoms with Crippen molar-refractivity contribution in [1.29, 1.82) is 0 Å². The molecule has 0 aliphatic carbocycles. The molecule has 1 aliphatic heterocycles. The zero-order valence-corrected chi connectivity index (χ0v) is 12.4. The van der Waals surface area contributed by atoms with Crippen LogP contribution >= 0.6 is 0 Å². The average Bonchev–Trinajstić information content (AvgIpc) is 2.53. The second-order valence-corrected chi connectivity index (χ2v) is 5.30. The van der Waals surface area contributed by atoms with Crippen LogP contribution in [0.1, 0.15) is 23.2 Å². The lowest BCUT2D eigenvalue weighted by Crippen LogP contribution is -2.51. The van der Waals surface area contributed by atoms with Crippen LogP contribution in [0.5, 0.6) is 0 Å². The molecule has 0 spiro atoms. The number of nitrogens with zero attached hydrogens (tertiary/aromatic N) is 2. The maximum Gasteiger partial charge on any atom is 0.270 e. The van der Waals surface area contributed by atoms with Crippen molar-refractivity contribution in [1.82, 2.24) is 4.90 Å². The molecule has 8 heteroatoms. The molecule has 2 rings (SSSR count). The van der Waals surface area contributed by atoms with E-state index >= 15 is 0 Å². The van der Waals surface area contributed by atoms with Gasteiger partial charge in [0.1, 0.15) is 0 Å². The average molecular weight is 308 g/mol. The highest BCUT2D eigenvalue weighted by Crippen LogP contribution is 2.25. The van der Waals surface area contributed by atoms with Crippen LogP contribution in [0.2, 0.25) is 0 Å². The normalized spacial score (nSPS) is 21.6. The van der Waals surface area contributed by atoms with Crippen molar-refractivity contribution in [3.63, 3.8) is 0 Å². The highest BCUT2D eigenvalue weighted by Gasteiger charge is 2.32. The summed E-state index contributed by atoms with van der Waals surface area (Å²) in [6, 6.07) is 3.71. The van der Waals surface area contributed by atoms with Crippen LogP contribution in [0.4, 0.5) is 11.4 Å². The molecule has 120 valence electrons. The number of hydrogen-bond acceptors (Lipinski definition) is 6. The minimum Gasteiger partial charge on any atom is -0.398 e. The molecule has 0 saturated carbocycles. The molecule has 2 unspecified atom stereocenters. The van der Waals surface area contributed by atoms with E-state index in [2.05, 4.69) is 0 Å². The zero-order valence-electron chi connectivity index (χ0n) is 12.4. The SMILES string of the molecule is COC1CCN(C(=O)c2cc([N+](=O)[O-])ccc2N)C(CN)C1. The van der Waals surface area contributed by atoms with Crippen molar-refractivity contribution in [2.45, 2.75) is 25.0 Å². The van der Waals surface area contributed by atoms with E-state index in [1.54, 1.807) is 12.0 Å². The molecule has 22 heavy (non-hydrogen) atoms. The number of nitrogens with two attached hydrogens (primary N) is 2. The van der Waals surface area contributed by atoms with Crippen LogP contribution in [0, 0.1) is 10.1 Å². The standard InChI is InChI=1S/C14H20N4O4/c1-22-11-4-5-17(10(6-11)8-15)14(19)12-7-9(18(20)21)2-3-13(12)16/h2-3,7,10-11H,4-6,8,15-16H2,1H3. The summed E-state index contributed by atoms with van der Waals surface area (Å²) in [5, 5.41) is 10.9. The highest BCUT2D eigenvalue weighted by molar-refractivity contribution is 6.00. The van der Waals surface area contributed by atoms with E-state index < -0.39 is 4.92 Å². The number of nitrogen functional groups attached to an aromatic ring is 1. The van der Waals surface area contributed by atoms with Crippen LogP contribution < -0.4 is 11.5 Å². The van der Waals surface area contributed by atoms with E-state index in [4.69, 9.17) is 16.2 Å². The fourth-order valence-electron chi connectivity index (χ4n) is 2.72. The van der Waals surface area contributed by atoms with Gasteiger partial charge in [-0.2, -0.15) is 0 Å². The Kier molecular flexibility index (Phi) is 4.94. The molecule has 1 aromatic carbocycles. The van der Waals surface area contributed by atoms with Crippen LogP contribution in [0.15, 0.2) is 18.2 Å². The summed E-state index contributed by atoms with van der Waals surface area (Å²) in [4.78, 5) is 24.6. The van der Waals surface area contributed by atoms with Gasteiger partial charge in [-0.3, -0.25) is 14.9 Å². The van der Waals surface area contributed by atoms with Gasteiger partial charge in [-0.15, -0.1) is 0 Å². The Morgan fingerprint density at radius 3 is 2.86 bits per heavy atom. The summed E-state index contributed by atoms with van der Waals surface area (Å²) in [7, 11) is 1.63. The maximum atomic E-state index is 12.7. The fourth-order valence-corrected chi connectivity index (χ4v) is 2.72. The van der Waals surface area contributed by atoms with Gasteiger partial charge in [0.25, 0.3) is 11.6 Å². The molecule has 0 bridgehead atoms. The van der Waals surface area contributed by atoms with Gasteiger partial charge in [-0.1, -0.05) is 0 Å². The van der Waals surface area contributed by atoms with E-state index in [-0.39, 0.29) is 35.0 Å². The predicted molar refractivity (Wildman–Crippen MR) is 81.4 cm³/mol. The van der Waals surface area contributed by atoms with Gasteiger partial charge in [0.15, 0.2) is 0 Å². The first-order chi connectivity index (χ1) is 10.5. The number of nitro groups is 1. The number of benzene rings is 1. The minimum atomic E-state index is -0.548. The molecule has 4 N–H and O–H groups in total. The second-order valence-electron chi connectivity index (χ2n) is 5.30. The first-order valence-electron chi connectivity index (χ1n) is 7.05. The predicted octanol–water partition coefficient (Wildman–Crippen LogP) is 0.755. The number of rotatable bonds is 4. The number of ether oxygens (including phenoxy) is 1. The van der Waals surface area contributed by atoms with Gasteiger partial charge in [0.05, 0.1) is 16.6 Å². The lowest BCUT2D eigenvalue weighted by molar-refractivity contribution is -0.384. The molecule has 1 heterocycles. The third-order valence-electron chi connectivity index (χ3n) is 4.01. The lowest BCUT2D eigenvalue weighted by Gasteiger charge is -2.38. The molecule has 1 aromatic rings. The number of methoxy groups -OCH3 is 1. The van der Waals surface area contributed by atoms with Crippen molar-refractivity contribution in [3.05, 3.63) is 33.9 Å². The Bertz CT molecular complexity index is 578. The van der Waals surface area contributed by atoms with Gasteiger partial charge >= 0.3 is 0 Å². The molecule has 2 atom stereocenters. The summed E-state index contributed by atoms with van der Waals surface area (Å²) in [5.41, 5.74) is 11.8. The summed E-state index contributed by atoms with van der Waals surface area (Å²) >= 11 is 0. The number of amides is 1. The molecular weight excluding hydrogens is 288 g/mol. The summed E-state index contributed by atoms with van der Waals surface area (Å²) in [6.07, 6.45) is 1.42. The Morgan fingerprint density at radius 1 is 1.55 bits per heavy atom. The van der Waals surface area contributed by atoms with Crippen molar-refractivity contribution in [2.24, 2.45) is 5.73 Å². The van der Waals surface area contributed by atoms with Crippen molar-refractivity contribution in [2.75, 3.05) is 25.9 Å². The quantitative estimate of drug-likeness (QED) is 0.480. The minimum absolute atomic E-state index is 0.0695. The van der Waals surface area contributed by atoms with E-state index in [0.717, 1.165) is 0 Å². The van der Waals surface area contributed by atoms with Gasteiger partial charge < -0.3 is 21.1 Å². The largest absolute Gasteiger partial charge is 0.398 e. The fraction of sp³-hybridized carbons (Fsp3) is 0.500. The number of nitro benzene ring substituents is 1. The molecule has 1 fully saturated rings. The van der Waals surface area contributed by atoms with Gasteiger partial charge in [0.2, 0.25) is 0 Å². The van der Waals surface area contributed by atoms with E-state index in [1.165, 1.54) is 18.2 Å². The molecule has 0 aromatic heterocycles. The lowest BCUT2D eigenvalue weighted by atomic mass is 9.97. The van der Waals surface area contributed by atoms with Crippen molar-refractivity contribution in [3.8, 4) is 0 Å². The number of piperidine rings is 1. The number of hydrogen-bond donors (Lipinski definition) is 2. The zero-order chi connectivity index (χ0) is 16.3. The maximum absolute atomic E-state index is 12.7. The topological polar surface area (TPSA) is 125 Å². The Morgan fingerprint density at radius 2 is 2.27 bits per heavy atom. The number of anilines is 1. The number of carbonyl (C=O) groups is 1. The Labute approximate surface area is 128 Å². The Balaban J connectivity index is 2.27. The van der Waals surface area contributed by atoms with E-state index in [1.807, 2.05) is 0 Å². The first-order valence-corrected chi connectivity index (χ1v) is 7.05. The summed E-state index contributed by atoms with van der Waals surface area (Å²) in [6.45, 7) is 0.793. The summed E-state index contributed by atoms with van der Waals surface area (Å²) < 4.78 is 5.32. The van der Waals surface area contributed by atoms with E-state index in [0.29, 0.717) is 25.9 Å². The van der Waals surface area contributed by atoms with Crippen molar-refractivity contribution < 1.29 is 14.5 Å². The third kappa shape index (κ3) is 3.18. The van der Waals surface area contributed by atoms with Crippen LogP contribution in [0.3, 0.4) is 0 Å². The van der Waals surface area contributed by atoms with Gasteiger partial charge in [-0.05, 0) is 18.9 Å². The van der Waals surface area contributed by atoms with E-state index in [9.17, 15) is 14.9 Å². The molecular formula is C14H20N4O4. The van der Waals surface area contributed by atoms with Crippen LogP contribution in [0.25, 0.3) is 0 Å². The summed E-state index contributed by atoms with van der Waals surface area (Å²) in [5.74, 6) is -0.328. The molecule has 0 radical (unpaired) electrons. The van der Waals surface area contributed by atoms with Crippen LogP contribution in [-0.4, -0.2) is 48.1 Å². The molecule has 1 aliphatic rings. The highest BCUT2D eigenvalue weighted by atomic mass is 16.6. The number of likely N-dealkylation sites (tertiary alicyclic amines) is 1.